The predicted molar refractivity (Wildman–Crippen MR) is 97.5 cm³/mol. The molecule has 0 aromatic heterocycles. The van der Waals surface area contributed by atoms with Crippen LogP contribution in [0.1, 0.15) is 18.1 Å². The number of benzene rings is 2. The van der Waals surface area contributed by atoms with Crippen LogP contribution in [0.5, 0.6) is 11.5 Å². The van der Waals surface area contributed by atoms with Crippen LogP contribution >= 0.6 is 0 Å². The molecule has 0 unspecified atom stereocenters. The SMILES string of the molecule is CCOc1ccc(C=NOCC(=O)Nc2ccc(C)cc2)cc1OC. The van der Waals surface area contributed by atoms with E-state index in [2.05, 4.69) is 10.5 Å². The van der Waals surface area contributed by atoms with E-state index < -0.39 is 0 Å². The third-order valence-corrected chi connectivity index (χ3v) is 3.29. The Hall–Kier alpha value is -3.02. The van der Waals surface area contributed by atoms with Gasteiger partial charge in [-0.3, -0.25) is 4.79 Å². The maximum Gasteiger partial charge on any atom is 0.265 e. The smallest absolute Gasteiger partial charge is 0.265 e. The number of hydrogen-bond donors (Lipinski definition) is 1. The summed E-state index contributed by atoms with van der Waals surface area (Å²) in [5.41, 5.74) is 2.63. The van der Waals surface area contributed by atoms with Crippen molar-refractivity contribution >= 4 is 17.8 Å². The molecule has 0 aliphatic heterocycles. The van der Waals surface area contributed by atoms with Gasteiger partial charge in [0.1, 0.15) is 0 Å². The third kappa shape index (κ3) is 5.84. The summed E-state index contributed by atoms with van der Waals surface area (Å²) in [6, 6.07) is 12.9. The van der Waals surface area contributed by atoms with Gasteiger partial charge < -0.3 is 19.6 Å². The monoisotopic (exact) mass is 342 g/mol. The van der Waals surface area contributed by atoms with E-state index >= 15 is 0 Å². The van der Waals surface area contributed by atoms with Gasteiger partial charge in [0, 0.05) is 11.3 Å². The molecular formula is C19H22N2O4. The van der Waals surface area contributed by atoms with E-state index in [1.54, 1.807) is 19.2 Å². The van der Waals surface area contributed by atoms with E-state index in [1.807, 2.05) is 44.2 Å². The molecule has 0 fully saturated rings. The van der Waals surface area contributed by atoms with Gasteiger partial charge in [-0.15, -0.1) is 0 Å². The zero-order valence-corrected chi connectivity index (χ0v) is 14.6. The highest BCUT2D eigenvalue weighted by molar-refractivity contribution is 5.91. The number of hydrogen-bond acceptors (Lipinski definition) is 5. The van der Waals surface area contributed by atoms with Gasteiger partial charge >= 0.3 is 0 Å². The number of aryl methyl sites for hydroxylation is 1. The lowest BCUT2D eigenvalue weighted by Crippen LogP contribution is -2.16. The minimum atomic E-state index is -0.273. The fourth-order valence-corrected chi connectivity index (χ4v) is 2.07. The molecule has 6 heteroatoms. The average molecular weight is 342 g/mol. The molecule has 2 rings (SSSR count). The van der Waals surface area contributed by atoms with Crippen LogP contribution in [-0.4, -0.2) is 32.4 Å². The first-order valence-corrected chi connectivity index (χ1v) is 7.95. The number of carbonyl (C=O) groups is 1. The number of carbonyl (C=O) groups excluding carboxylic acids is 1. The van der Waals surface area contributed by atoms with Gasteiger partial charge in [0.2, 0.25) is 0 Å². The van der Waals surface area contributed by atoms with Crippen molar-refractivity contribution < 1.29 is 19.1 Å². The molecule has 0 saturated heterocycles. The Balaban J connectivity index is 1.84. The van der Waals surface area contributed by atoms with Crippen LogP contribution in [0.25, 0.3) is 0 Å². The zero-order valence-electron chi connectivity index (χ0n) is 14.6. The summed E-state index contributed by atoms with van der Waals surface area (Å²) < 4.78 is 10.7. The summed E-state index contributed by atoms with van der Waals surface area (Å²) in [6.45, 7) is 4.28. The second kappa shape index (κ2) is 9.32. The molecule has 0 aliphatic rings. The van der Waals surface area contributed by atoms with E-state index in [4.69, 9.17) is 14.3 Å². The largest absolute Gasteiger partial charge is 0.493 e. The Morgan fingerprint density at radius 3 is 2.60 bits per heavy atom. The highest BCUT2D eigenvalue weighted by atomic mass is 16.6. The summed E-state index contributed by atoms with van der Waals surface area (Å²) in [5, 5.41) is 6.54. The van der Waals surface area contributed by atoms with E-state index in [-0.39, 0.29) is 12.5 Å². The van der Waals surface area contributed by atoms with E-state index in [0.29, 0.717) is 18.1 Å². The zero-order chi connectivity index (χ0) is 18.1. The molecule has 0 bridgehead atoms. The minimum absolute atomic E-state index is 0.168. The van der Waals surface area contributed by atoms with Gasteiger partial charge in [0.15, 0.2) is 18.1 Å². The topological polar surface area (TPSA) is 69.2 Å². The summed E-state index contributed by atoms with van der Waals surface area (Å²) in [6.07, 6.45) is 1.51. The van der Waals surface area contributed by atoms with Crippen LogP contribution in [0.4, 0.5) is 5.69 Å². The Bertz CT molecular complexity index is 727. The number of oxime groups is 1. The first-order valence-electron chi connectivity index (χ1n) is 7.95. The van der Waals surface area contributed by atoms with Crippen molar-refractivity contribution in [1.82, 2.24) is 0 Å². The molecule has 6 nitrogen and oxygen atoms in total. The van der Waals surface area contributed by atoms with Crippen molar-refractivity contribution in [3.05, 3.63) is 53.6 Å². The summed E-state index contributed by atoms with van der Waals surface area (Å²) >= 11 is 0. The fourth-order valence-electron chi connectivity index (χ4n) is 2.07. The number of nitrogens with zero attached hydrogens (tertiary/aromatic N) is 1. The van der Waals surface area contributed by atoms with Gasteiger partial charge in [0.25, 0.3) is 5.91 Å². The molecule has 2 aromatic carbocycles. The highest BCUT2D eigenvalue weighted by Gasteiger charge is 2.05. The first kappa shape index (κ1) is 18.3. The van der Waals surface area contributed by atoms with Crippen LogP contribution < -0.4 is 14.8 Å². The maximum atomic E-state index is 11.8. The molecule has 0 heterocycles. The van der Waals surface area contributed by atoms with Crippen molar-refractivity contribution in [2.24, 2.45) is 5.16 Å². The minimum Gasteiger partial charge on any atom is -0.493 e. The van der Waals surface area contributed by atoms with E-state index in [9.17, 15) is 4.79 Å². The lowest BCUT2D eigenvalue weighted by molar-refractivity contribution is -0.120. The van der Waals surface area contributed by atoms with Gasteiger partial charge in [-0.1, -0.05) is 22.9 Å². The van der Waals surface area contributed by atoms with Crippen LogP contribution in [0.3, 0.4) is 0 Å². The fraction of sp³-hybridized carbons (Fsp3) is 0.263. The molecule has 0 aliphatic carbocycles. The lowest BCUT2D eigenvalue weighted by Gasteiger charge is -2.09. The molecule has 0 saturated carbocycles. The second-order valence-corrected chi connectivity index (χ2v) is 5.27. The Morgan fingerprint density at radius 1 is 1.16 bits per heavy atom. The standard InChI is InChI=1S/C19H22N2O4/c1-4-24-17-10-7-15(11-18(17)23-3)12-20-25-13-19(22)21-16-8-5-14(2)6-9-16/h5-12H,4,13H2,1-3H3,(H,21,22). The number of anilines is 1. The summed E-state index contributed by atoms with van der Waals surface area (Å²) in [4.78, 5) is 16.8. The molecule has 25 heavy (non-hydrogen) atoms. The lowest BCUT2D eigenvalue weighted by atomic mass is 10.2. The molecule has 0 atom stereocenters. The number of ether oxygens (including phenoxy) is 2. The van der Waals surface area contributed by atoms with Crippen molar-refractivity contribution in [2.45, 2.75) is 13.8 Å². The molecule has 0 radical (unpaired) electrons. The third-order valence-electron chi connectivity index (χ3n) is 3.29. The normalized spacial score (nSPS) is 10.5. The second-order valence-electron chi connectivity index (χ2n) is 5.27. The average Bonchev–Trinajstić information content (AvgIpc) is 2.62. The Labute approximate surface area is 147 Å². The van der Waals surface area contributed by atoms with Crippen LogP contribution in [0, 0.1) is 6.92 Å². The van der Waals surface area contributed by atoms with Crippen molar-refractivity contribution in [1.29, 1.82) is 0 Å². The van der Waals surface area contributed by atoms with Crippen molar-refractivity contribution in [2.75, 3.05) is 25.6 Å². The number of methoxy groups -OCH3 is 1. The van der Waals surface area contributed by atoms with Gasteiger partial charge in [0.05, 0.1) is 19.9 Å². The Morgan fingerprint density at radius 2 is 1.92 bits per heavy atom. The number of nitrogens with one attached hydrogen (secondary N) is 1. The number of rotatable bonds is 8. The van der Waals surface area contributed by atoms with Crippen molar-refractivity contribution in [3.8, 4) is 11.5 Å². The van der Waals surface area contributed by atoms with Crippen LogP contribution in [0.2, 0.25) is 0 Å². The van der Waals surface area contributed by atoms with Gasteiger partial charge in [-0.2, -0.15) is 0 Å². The quantitative estimate of drug-likeness (QED) is 0.590. The van der Waals surface area contributed by atoms with Gasteiger partial charge in [-0.05, 0) is 44.2 Å². The van der Waals surface area contributed by atoms with Crippen LogP contribution in [-0.2, 0) is 9.63 Å². The van der Waals surface area contributed by atoms with Crippen molar-refractivity contribution in [3.63, 3.8) is 0 Å². The highest BCUT2D eigenvalue weighted by Crippen LogP contribution is 2.27. The molecule has 2 aromatic rings. The first-order chi connectivity index (χ1) is 12.1. The van der Waals surface area contributed by atoms with Crippen LogP contribution in [0.15, 0.2) is 47.6 Å². The molecule has 1 amide bonds. The molecular weight excluding hydrogens is 320 g/mol. The summed E-state index contributed by atoms with van der Waals surface area (Å²) in [7, 11) is 1.57. The molecule has 0 spiro atoms. The maximum absolute atomic E-state index is 11.8. The van der Waals surface area contributed by atoms with Gasteiger partial charge in [-0.25, -0.2) is 0 Å². The predicted octanol–water partition coefficient (Wildman–Crippen LogP) is 3.39. The van der Waals surface area contributed by atoms with E-state index in [0.717, 1.165) is 16.8 Å². The Kier molecular flexibility index (Phi) is 6.83. The van der Waals surface area contributed by atoms with E-state index in [1.165, 1.54) is 6.21 Å². The molecule has 132 valence electrons. The molecule has 1 N–H and O–H groups in total. The summed E-state index contributed by atoms with van der Waals surface area (Å²) in [5.74, 6) is 1.01. The number of amides is 1.